The Morgan fingerprint density at radius 3 is 2.73 bits per heavy atom. The molecule has 15 heavy (non-hydrogen) atoms. The minimum Gasteiger partial charge on any atom is -0.305 e. The van der Waals surface area contributed by atoms with Gasteiger partial charge in [0.05, 0.1) is 5.52 Å². The molecular formula is C12H10FNO. The first-order chi connectivity index (χ1) is 7.25. The number of benzene rings is 1. The minimum absolute atomic E-state index is 0.0107. The fourth-order valence-corrected chi connectivity index (χ4v) is 1.95. The molecule has 1 fully saturated rings. The van der Waals surface area contributed by atoms with Gasteiger partial charge < -0.3 is 4.57 Å². The maximum atomic E-state index is 13.0. The van der Waals surface area contributed by atoms with Crippen LogP contribution in [0, 0.1) is 5.82 Å². The Bertz CT molecular complexity index is 584. The van der Waals surface area contributed by atoms with E-state index in [9.17, 15) is 9.18 Å². The summed E-state index contributed by atoms with van der Waals surface area (Å²) in [6.45, 7) is 0. The highest BCUT2D eigenvalue weighted by Crippen LogP contribution is 2.35. The van der Waals surface area contributed by atoms with Gasteiger partial charge in [-0.25, -0.2) is 4.39 Å². The average Bonchev–Trinajstić information content (AvgIpc) is 3.02. The van der Waals surface area contributed by atoms with E-state index in [0.29, 0.717) is 6.04 Å². The molecule has 0 atom stereocenters. The van der Waals surface area contributed by atoms with Gasteiger partial charge in [0.1, 0.15) is 5.82 Å². The van der Waals surface area contributed by atoms with Crippen LogP contribution in [0.25, 0.3) is 10.9 Å². The fourth-order valence-electron chi connectivity index (χ4n) is 1.95. The Balaban J connectivity index is 2.39. The quantitative estimate of drug-likeness (QED) is 0.697. The Morgan fingerprint density at radius 2 is 2.00 bits per heavy atom. The Labute approximate surface area is 86.0 Å². The van der Waals surface area contributed by atoms with Crippen LogP contribution < -0.4 is 5.56 Å². The molecular weight excluding hydrogens is 193 g/mol. The van der Waals surface area contributed by atoms with Gasteiger partial charge in [0.25, 0.3) is 5.56 Å². The molecule has 1 saturated carbocycles. The first kappa shape index (κ1) is 8.65. The van der Waals surface area contributed by atoms with E-state index in [1.54, 1.807) is 16.7 Å². The fraction of sp³-hybridized carbons (Fsp3) is 0.250. The zero-order valence-corrected chi connectivity index (χ0v) is 8.11. The van der Waals surface area contributed by atoms with Crippen LogP contribution in [-0.2, 0) is 0 Å². The van der Waals surface area contributed by atoms with Gasteiger partial charge in [-0.05, 0) is 37.1 Å². The van der Waals surface area contributed by atoms with E-state index in [2.05, 4.69) is 0 Å². The molecule has 0 saturated heterocycles. The molecule has 0 amide bonds. The summed E-state index contributed by atoms with van der Waals surface area (Å²) in [5.74, 6) is -0.261. The molecule has 1 aromatic carbocycles. The van der Waals surface area contributed by atoms with Crippen molar-refractivity contribution in [2.24, 2.45) is 0 Å². The third-order valence-corrected chi connectivity index (χ3v) is 2.80. The highest BCUT2D eigenvalue weighted by Gasteiger charge is 2.25. The summed E-state index contributed by atoms with van der Waals surface area (Å²) < 4.78 is 14.8. The van der Waals surface area contributed by atoms with Crippen molar-refractivity contribution in [2.75, 3.05) is 0 Å². The van der Waals surface area contributed by atoms with Crippen molar-refractivity contribution in [1.29, 1.82) is 0 Å². The highest BCUT2D eigenvalue weighted by atomic mass is 19.1. The highest BCUT2D eigenvalue weighted by molar-refractivity contribution is 5.79. The molecule has 0 aliphatic heterocycles. The third-order valence-electron chi connectivity index (χ3n) is 2.80. The van der Waals surface area contributed by atoms with Gasteiger partial charge in [0.2, 0.25) is 0 Å². The van der Waals surface area contributed by atoms with E-state index in [1.807, 2.05) is 0 Å². The number of hydrogen-bond acceptors (Lipinski definition) is 1. The maximum Gasteiger partial charge on any atom is 0.251 e. The lowest BCUT2D eigenvalue weighted by molar-refractivity contribution is 0.629. The van der Waals surface area contributed by atoms with Crippen molar-refractivity contribution in [3.05, 3.63) is 46.5 Å². The largest absolute Gasteiger partial charge is 0.305 e. The van der Waals surface area contributed by atoms with E-state index in [-0.39, 0.29) is 11.4 Å². The number of hydrogen-bond donors (Lipinski definition) is 0. The van der Waals surface area contributed by atoms with Crippen LogP contribution in [0.15, 0.2) is 35.1 Å². The van der Waals surface area contributed by atoms with Crippen LogP contribution in [0.3, 0.4) is 0 Å². The van der Waals surface area contributed by atoms with Crippen LogP contribution in [0.5, 0.6) is 0 Å². The molecule has 2 aromatic rings. The molecule has 76 valence electrons. The topological polar surface area (TPSA) is 22.0 Å². The summed E-state index contributed by atoms with van der Waals surface area (Å²) in [6, 6.07) is 8.07. The predicted octanol–water partition coefficient (Wildman–Crippen LogP) is 2.48. The lowest BCUT2D eigenvalue weighted by Gasteiger charge is -2.08. The second-order valence-corrected chi connectivity index (χ2v) is 3.98. The maximum absolute atomic E-state index is 13.0. The molecule has 1 aliphatic rings. The Morgan fingerprint density at radius 1 is 1.20 bits per heavy atom. The van der Waals surface area contributed by atoms with Crippen molar-refractivity contribution in [3.63, 3.8) is 0 Å². The minimum atomic E-state index is -0.261. The molecule has 3 heteroatoms. The van der Waals surface area contributed by atoms with Gasteiger partial charge in [-0.15, -0.1) is 0 Å². The van der Waals surface area contributed by atoms with Gasteiger partial charge in [0, 0.05) is 17.5 Å². The lowest BCUT2D eigenvalue weighted by atomic mass is 10.2. The van der Waals surface area contributed by atoms with Crippen molar-refractivity contribution in [2.45, 2.75) is 18.9 Å². The molecule has 0 N–H and O–H groups in total. The number of rotatable bonds is 1. The molecule has 1 aromatic heterocycles. The predicted molar refractivity (Wildman–Crippen MR) is 56.4 cm³/mol. The molecule has 0 spiro atoms. The van der Waals surface area contributed by atoms with Gasteiger partial charge in [-0.1, -0.05) is 0 Å². The molecule has 0 bridgehead atoms. The third kappa shape index (κ3) is 1.35. The first-order valence-electron chi connectivity index (χ1n) is 5.06. The second kappa shape index (κ2) is 2.92. The van der Waals surface area contributed by atoms with E-state index in [1.165, 1.54) is 18.2 Å². The second-order valence-electron chi connectivity index (χ2n) is 3.98. The number of nitrogens with zero attached hydrogens (tertiary/aromatic N) is 1. The van der Waals surface area contributed by atoms with Crippen LogP contribution in [0.1, 0.15) is 18.9 Å². The van der Waals surface area contributed by atoms with Gasteiger partial charge in [0.15, 0.2) is 0 Å². The molecule has 0 unspecified atom stereocenters. The van der Waals surface area contributed by atoms with Crippen molar-refractivity contribution < 1.29 is 4.39 Å². The van der Waals surface area contributed by atoms with Crippen LogP contribution in [-0.4, -0.2) is 4.57 Å². The summed E-state index contributed by atoms with van der Waals surface area (Å²) in [4.78, 5) is 11.7. The van der Waals surface area contributed by atoms with E-state index in [4.69, 9.17) is 0 Å². The summed E-state index contributed by atoms with van der Waals surface area (Å²) in [5.41, 5.74) is 0.850. The van der Waals surface area contributed by atoms with Gasteiger partial charge in [-0.2, -0.15) is 0 Å². The average molecular weight is 203 g/mol. The van der Waals surface area contributed by atoms with Crippen molar-refractivity contribution >= 4 is 10.9 Å². The normalized spacial score (nSPS) is 15.8. The lowest BCUT2D eigenvalue weighted by Crippen LogP contribution is -2.17. The molecule has 3 rings (SSSR count). The van der Waals surface area contributed by atoms with Crippen molar-refractivity contribution in [3.8, 4) is 0 Å². The van der Waals surface area contributed by atoms with E-state index in [0.717, 1.165) is 23.7 Å². The van der Waals surface area contributed by atoms with E-state index >= 15 is 0 Å². The molecule has 0 radical (unpaired) electrons. The summed E-state index contributed by atoms with van der Waals surface area (Å²) in [7, 11) is 0. The molecule has 1 heterocycles. The zero-order valence-electron chi connectivity index (χ0n) is 8.11. The Kier molecular flexibility index (Phi) is 1.69. The SMILES string of the molecule is O=c1ccc2cc(F)ccc2n1C1CC1. The first-order valence-corrected chi connectivity index (χ1v) is 5.06. The van der Waals surface area contributed by atoms with Crippen LogP contribution >= 0.6 is 0 Å². The summed E-state index contributed by atoms with van der Waals surface area (Å²) in [5, 5.41) is 0.793. The van der Waals surface area contributed by atoms with E-state index < -0.39 is 0 Å². The van der Waals surface area contributed by atoms with Gasteiger partial charge >= 0.3 is 0 Å². The summed E-state index contributed by atoms with van der Waals surface area (Å²) >= 11 is 0. The summed E-state index contributed by atoms with van der Waals surface area (Å²) in [6.07, 6.45) is 2.10. The standard InChI is InChI=1S/C12H10FNO/c13-9-2-5-11-8(7-9)1-6-12(15)14(11)10-3-4-10/h1-2,5-7,10H,3-4H2. The number of pyridine rings is 1. The number of aromatic nitrogens is 1. The smallest absolute Gasteiger partial charge is 0.251 e. The molecule has 1 aliphatic carbocycles. The Hall–Kier alpha value is -1.64. The van der Waals surface area contributed by atoms with Crippen LogP contribution in [0.4, 0.5) is 4.39 Å². The van der Waals surface area contributed by atoms with Gasteiger partial charge in [-0.3, -0.25) is 4.79 Å². The van der Waals surface area contributed by atoms with Crippen molar-refractivity contribution in [1.82, 2.24) is 4.57 Å². The number of fused-ring (bicyclic) bond motifs is 1. The van der Waals surface area contributed by atoms with Crippen LogP contribution in [0.2, 0.25) is 0 Å². The monoisotopic (exact) mass is 203 g/mol. The zero-order chi connectivity index (χ0) is 10.4. The molecule has 2 nitrogen and oxygen atoms in total. The number of halogens is 1.